The summed E-state index contributed by atoms with van der Waals surface area (Å²) in [5.74, 6) is 1.47. The fourth-order valence-electron chi connectivity index (χ4n) is 1.22. The minimum atomic E-state index is -0.531. The van der Waals surface area contributed by atoms with Gasteiger partial charge in [0.05, 0.1) is 0 Å². The fourth-order valence-corrected chi connectivity index (χ4v) is 1.60. The monoisotopic (exact) mass is 315 g/mol. The van der Waals surface area contributed by atoms with E-state index in [4.69, 9.17) is 5.73 Å². The number of carbonyl (C=O) groups excluding carboxylic acids is 1. The summed E-state index contributed by atoms with van der Waals surface area (Å²) in [4.78, 5) is 19.3. The number of amides is 2. The molecule has 1 rings (SSSR count). The molecule has 0 unspecified atom stereocenters. The summed E-state index contributed by atoms with van der Waals surface area (Å²) < 4.78 is 0.729. The number of primary amides is 1. The molecule has 2 amide bonds. The number of nitrogens with two attached hydrogens (primary N) is 1. The van der Waals surface area contributed by atoms with Crippen molar-refractivity contribution in [2.45, 2.75) is 26.2 Å². The largest absolute Gasteiger partial charge is 0.368 e. The molecule has 0 spiro atoms. The van der Waals surface area contributed by atoms with Gasteiger partial charge in [-0.3, -0.25) is 0 Å². The molecule has 0 aliphatic rings. The highest BCUT2D eigenvalue weighted by molar-refractivity contribution is 9.10. The van der Waals surface area contributed by atoms with E-state index in [0.29, 0.717) is 18.9 Å². The smallest absolute Gasteiger partial charge is 0.312 e. The number of rotatable bonds is 4. The molecule has 0 bridgehead atoms. The first-order valence-electron chi connectivity index (χ1n) is 5.61. The molecule has 0 radical (unpaired) electrons. The van der Waals surface area contributed by atoms with Gasteiger partial charge in [0.15, 0.2) is 0 Å². The van der Waals surface area contributed by atoms with Gasteiger partial charge in [0, 0.05) is 24.6 Å². The van der Waals surface area contributed by atoms with E-state index in [0.717, 1.165) is 10.4 Å². The van der Waals surface area contributed by atoms with E-state index in [1.165, 1.54) is 0 Å². The van der Waals surface area contributed by atoms with Gasteiger partial charge in [0.2, 0.25) is 0 Å². The molecule has 0 atom stereocenters. The van der Waals surface area contributed by atoms with Crippen LogP contribution < -0.4 is 16.4 Å². The molecule has 1 aromatic heterocycles. The lowest BCUT2D eigenvalue weighted by atomic mass is 9.96. The molecule has 0 aliphatic carbocycles. The highest BCUT2D eigenvalue weighted by Gasteiger charge is 2.18. The summed E-state index contributed by atoms with van der Waals surface area (Å²) in [5, 5.41) is 5.60. The van der Waals surface area contributed by atoms with Gasteiger partial charge >= 0.3 is 6.03 Å². The molecule has 0 fully saturated rings. The molecule has 0 aliphatic heterocycles. The van der Waals surface area contributed by atoms with Crippen LogP contribution in [0.15, 0.2) is 10.7 Å². The third-order valence-electron chi connectivity index (χ3n) is 2.10. The molecule has 100 valence electrons. The van der Waals surface area contributed by atoms with E-state index in [1.807, 2.05) is 20.8 Å². The Morgan fingerprint density at radius 1 is 1.39 bits per heavy atom. The third-order valence-corrected chi connectivity index (χ3v) is 2.50. The summed E-state index contributed by atoms with van der Waals surface area (Å²) in [7, 11) is 0. The lowest BCUT2D eigenvalue weighted by Gasteiger charge is -2.18. The Labute approximate surface area is 115 Å². The standard InChI is InChI=1S/C11H18BrN5O/c1-11(2,3)9-16-7(12)6-8(17-9)14-4-5-15-10(13)18/h6H,4-5H2,1-3H3,(H3,13,15,18)(H,14,16,17). The molecule has 1 aromatic rings. The number of nitrogens with one attached hydrogen (secondary N) is 2. The maximum absolute atomic E-state index is 10.5. The highest BCUT2D eigenvalue weighted by atomic mass is 79.9. The first-order valence-corrected chi connectivity index (χ1v) is 6.40. The topological polar surface area (TPSA) is 92.9 Å². The summed E-state index contributed by atoms with van der Waals surface area (Å²) in [6.45, 7) is 7.14. The Bertz CT molecular complexity index is 430. The minimum absolute atomic E-state index is 0.119. The number of aromatic nitrogens is 2. The Kier molecular flexibility index (Phi) is 4.89. The van der Waals surface area contributed by atoms with Crippen molar-refractivity contribution in [1.29, 1.82) is 0 Å². The van der Waals surface area contributed by atoms with Gasteiger partial charge in [-0.05, 0) is 15.9 Å². The molecule has 18 heavy (non-hydrogen) atoms. The zero-order chi connectivity index (χ0) is 13.8. The van der Waals surface area contributed by atoms with Crippen molar-refractivity contribution in [3.05, 3.63) is 16.5 Å². The van der Waals surface area contributed by atoms with E-state index < -0.39 is 6.03 Å². The van der Waals surface area contributed by atoms with Gasteiger partial charge < -0.3 is 16.4 Å². The van der Waals surface area contributed by atoms with Crippen LogP contribution in [-0.4, -0.2) is 29.1 Å². The van der Waals surface area contributed by atoms with Gasteiger partial charge in [-0.15, -0.1) is 0 Å². The molecule has 6 nitrogen and oxygen atoms in total. The Hall–Kier alpha value is -1.37. The second kappa shape index (κ2) is 5.99. The number of nitrogens with zero attached hydrogens (tertiary/aromatic N) is 2. The lowest BCUT2D eigenvalue weighted by Crippen LogP contribution is -2.33. The molecule has 0 aromatic carbocycles. The average Bonchev–Trinajstić information content (AvgIpc) is 2.22. The third kappa shape index (κ3) is 4.87. The van der Waals surface area contributed by atoms with Gasteiger partial charge in [-0.2, -0.15) is 0 Å². The zero-order valence-corrected chi connectivity index (χ0v) is 12.3. The normalized spacial score (nSPS) is 11.1. The second-order valence-electron chi connectivity index (χ2n) is 4.87. The number of urea groups is 1. The van der Waals surface area contributed by atoms with Gasteiger partial charge in [-0.25, -0.2) is 14.8 Å². The van der Waals surface area contributed by atoms with Crippen molar-refractivity contribution in [3.63, 3.8) is 0 Å². The summed E-state index contributed by atoms with van der Waals surface area (Å²) >= 11 is 3.36. The van der Waals surface area contributed by atoms with Crippen molar-refractivity contribution in [1.82, 2.24) is 15.3 Å². The number of anilines is 1. The van der Waals surface area contributed by atoms with E-state index in [9.17, 15) is 4.79 Å². The minimum Gasteiger partial charge on any atom is -0.368 e. The highest BCUT2D eigenvalue weighted by Crippen LogP contribution is 2.22. The first kappa shape index (κ1) is 14.7. The first-order chi connectivity index (χ1) is 8.29. The van der Waals surface area contributed by atoms with Crippen LogP contribution in [0.3, 0.4) is 0 Å². The van der Waals surface area contributed by atoms with Crippen LogP contribution in [0.2, 0.25) is 0 Å². The van der Waals surface area contributed by atoms with E-state index in [-0.39, 0.29) is 5.41 Å². The van der Waals surface area contributed by atoms with Crippen LogP contribution in [0.25, 0.3) is 0 Å². The molecular weight excluding hydrogens is 298 g/mol. The lowest BCUT2D eigenvalue weighted by molar-refractivity contribution is 0.249. The number of hydrogen-bond acceptors (Lipinski definition) is 4. The maximum atomic E-state index is 10.5. The van der Waals surface area contributed by atoms with Crippen molar-refractivity contribution in [2.75, 3.05) is 18.4 Å². The van der Waals surface area contributed by atoms with Crippen LogP contribution in [0.5, 0.6) is 0 Å². The number of carbonyl (C=O) groups is 1. The van der Waals surface area contributed by atoms with Crippen molar-refractivity contribution in [3.8, 4) is 0 Å². The predicted octanol–water partition coefficient (Wildman–Crippen LogP) is 1.62. The predicted molar refractivity (Wildman–Crippen MR) is 74.5 cm³/mol. The molecule has 7 heteroatoms. The fraction of sp³-hybridized carbons (Fsp3) is 0.545. The number of hydrogen-bond donors (Lipinski definition) is 3. The Morgan fingerprint density at radius 3 is 2.61 bits per heavy atom. The van der Waals surface area contributed by atoms with E-state index in [2.05, 4.69) is 36.5 Å². The van der Waals surface area contributed by atoms with Crippen molar-refractivity contribution >= 4 is 27.8 Å². The van der Waals surface area contributed by atoms with Crippen LogP contribution in [-0.2, 0) is 5.41 Å². The van der Waals surface area contributed by atoms with E-state index in [1.54, 1.807) is 6.07 Å². The summed E-state index contributed by atoms with van der Waals surface area (Å²) in [6.07, 6.45) is 0. The van der Waals surface area contributed by atoms with Gasteiger partial charge in [0.25, 0.3) is 0 Å². The Morgan fingerprint density at radius 2 is 2.06 bits per heavy atom. The van der Waals surface area contributed by atoms with Crippen LogP contribution in [0.4, 0.5) is 10.6 Å². The summed E-state index contributed by atoms with van der Waals surface area (Å²) in [5.41, 5.74) is 4.85. The molecule has 0 saturated carbocycles. The van der Waals surface area contributed by atoms with Crippen molar-refractivity contribution < 1.29 is 4.79 Å². The van der Waals surface area contributed by atoms with Crippen molar-refractivity contribution in [2.24, 2.45) is 5.73 Å². The zero-order valence-electron chi connectivity index (χ0n) is 10.7. The SMILES string of the molecule is CC(C)(C)c1nc(Br)cc(NCCNC(N)=O)n1. The Balaban J connectivity index is 2.66. The summed E-state index contributed by atoms with van der Waals surface area (Å²) in [6, 6.07) is 1.26. The van der Waals surface area contributed by atoms with Crippen LogP contribution >= 0.6 is 15.9 Å². The average molecular weight is 316 g/mol. The molecule has 0 saturated heterocycles. The maximum Gasteiger partial charge on any atom is 0.312 e. The van der Waals surface area contributed by atoms with Gasteiger partial charge in [0.1, 0.15) is 16.2 Å². The second-order valence-corrected chi connectivity index (χ2v) is 5.68. The molecule has 1 heterocycles. The molecule has 4 N–H and O–H groups in total. The van der Waals surface area contributed by atoms with E-state index >= 15 is 0 Å². The van der Waals surface area contributed by atoms with Crippen LogP contribution in [0.1, 0.15) is 26.6 Å². The quantitative estimate of drug-likeness (QED) is 0.581. The van der Waals surface area contributed by atoms with Gasteiger partial charge in [-0.1, -0.05) is 20.8 Å². The van der Waals surface area contributed by atoms with Crippen LogP contribution in [0, 0.1) is 0 Å². The molecular formula is C11H18BrN5O. The number of halogens is 1.